The zero-order chi connectivity index (χ0) is 42.7. The Balaban J connectivity index is 0.868. The van der Waals surface area contributed by atoms with E-state index in [1.165, 1.54) is 11.1 Å². The highest BCUT2D eigenvalue weighted by Crippen LogP contribution is 2.42. The number of nitrogens with zero attached hydrogens (tertiary/aromatic N) is 6. The fourth-order valence-electron chi connectivity index (χ4n) is 9.85. The van der Waals surface area contributed by atoms with Gasteiger partial charge in [0.2, 0.25) is 11.8 Å². The van der Waals surface area contributed by atoms with Crippen LogP contribution in [0.15, 0.2) is 157 Å². The predicted molar refractivity (Wildman–Crippen MR) is 248 cm³/mol. The molecule has 9 rings (SSSR count). The molecule has 62 heavy (non-hydrogen) atoms. The van der Waals surface area contributed by atoms with E-state index in [1.807, 2.05) is 122 Å². The first kappa shape index (κ1) is 41.0. The molecule has 3 aliphatic rings. The summed E-state index contributed by atoms with van der Waals surface area (Å²) >= 11 is 0. The van der Waals surface area contributed by atoms with Crippen LogP contribution in [0.25, 0.3) is 28.0 Å². The molecule has 2 saturated heterocycles. The summed E-state index contributed by atoms with van der Waals surface area (Å²) in [7, 11) is 7.90. The number of imidazole rings is 1. The lowest BCUT2D eigenvalue weighted by molar-refractivity contribution is -0.138. The lowest BCUT2D eigenvalue weighted by atomic mass is 9.96. The van der Waals surface area contributed by atoms with Gasteiger partial charge in [-0.3, -0.25) is 24.4 Å². The van der Waals surface area contributed by atoms with E-state index in [-0.39, 0.29) is 36.0 Å². The fourth-order valence-corrected chi connectivity index (χ4v) is 9.85. The Hall–Kier alpha value is -6.42. The van der Waals surface area contributed by atoms with Crippen LogP contribution >= 0.6 is 0 Å². The summed E-state index contributed by atoms with van der Waals surface area (Å²) in [5.41, 5.74) is 10.8. The third-order valence-corrected chi connectivity index (χ3v) is 12.9. The first-order valence-corrected chi connectivity index (χ1v) is 21.9. The van der Waals surface area contributed by atoms with Crippen LogP contribution in [0.4, 0.5) is 0 Å². The van der Waals surface area contributed by atoms with E-state index in [4.69, 9.17) is 9.98 Å². The highest BCUT2D eigenvalue weighted by molar-refractivity contribution is 6.04. The molecule has 0 radical (unpaired) electrons. The van der Waals surface area contributed by atoms with Gasteiger partial charge in [-0.05, 0) is 98.4 Å². The number of amides is 2. The summed E-state index contributed by atoms with van der Waals surface area (Å²) in [5.74, 6) is 1.05. The van der Waals surface area contributed by atoms with Crippen LogP contribution in [-0.4, -0.2) is 87.9 Å². The lowest BCUT2D eigenvalue weighted by Crippen LogP contribution is -2.46. The van der Waals surface area contributed by atoms with Gasteiger partial charge in [0.25, 0.3) is 0 Å². The van der Waals surface area contributed by atoms with E-state index in [1.54, 1.807) is 0 Å². The Morgan fingerprint density at radius 2 is 1.15 bits per heavy atom. The summed E-state index contributed by atoms with van der Waals surface area (Å²) in [6, 6.07) is 47.0. The van der Waals surface area contributed by atoms with Gasteiger partial charge in [0, 0.05) is 24.9 Å². The Labute approximate surface area is 365 Å². The number of carbonyl (C=O) groups excluding carboxylic acids is 2. The Morgan fingerprint density at radius 1 is 0.613 bits per heavy atom. The minimum absolute atomic E-state index is 0.0118. The summed E-state index contributed by atoms with van der Waals surface area (Å²) in [6.07, 6.45) is 8.20. The summed E-state index contributed by atoms with van der Waals surface area (Å²) in [5, 5.41) is 0. The average Bonchev–Trinajstić information content (AvgIpc) is 4.15. The third kappa shape index (κ3) is 8.18. The SMILES string of the molecule is CN(C)[C@@H](C(=O)N1CCCC1c1ncc(-c2ccc(-c3ccc(C4=CN=C([C@@H]5CC[C@H](c6ccccc6)N5C(=O)[C@@H](c5ccccc5)N(C)C)C4)cc3)cc2)[nH]1)c1ccccc1. The van der Waals surface area contributed by atoms with E-state index >= 15 is 0 Å². The minimum atomic E-state index is -0.391. The number of nitrogens with one attached hydrogen (secondary N) is 1. The summed E-state index contributed by atoms with van der Waals surface area (Å²) in [6.45, 7) is 0.720. The van der Waals surface area contributed by atoms with Crippen LogP contribution in [0.1, 0.15) is 84.3 Å². The van der Waals surface area contributed by atoms with Crippen molar-refractivity contribution in [2.45, 2.75) is 62.3 Å². The van der Waals surface area contributed by atoms with Gasteiger partial charge in [0.1, 0.15) is 17.9 Å². The van der Waals surface area contributed by atoms with Gasteiger partial charge >= 0.3 is 0 Å². The number of likely N-dealkylation sites (N-methyl/N-ethyl adjacent to an activating group) is 2. The molecule has 9 heteroatoms. The van der Waals surface area contributed by atoms with Crippen molar-refractivity contribution in [3.8, 4) is 22.4 Å². The number of aliphatic imine (C=N–C) groups is 1. The van der Waals surface area contributed by atoms with Crippen molar-refractivity contribution in [1.29, 1.82) is 0 Å². The van der Waals surface area contributed by atoms with Crippen molar-refractivity contribution < 1.29 is 9.59 Å². The molecule has 6 aromatic rings. The number of aromatic amines is 1. The molecule has 1 N–H and O–H groups in total. The van der Waals surface area contributed by atoms with Crippen molar-refractivity contribution in [3.05, 3.63) is 180 Å². The maximum atomic E-state index is 14.7. The van der Waals surface area contributed by atoms with Crippen LogP contribution in [0.3, 0.4) is 0 Å². The van der Waals surface area contributed by atoms with Crippen molar-refractivity contribution in [1.82, 2.24) is 29.6 Å². The maximum absolute atomic E-state index is 14.7. The first-order valence-electron chi connectivity index (χ1n) is 21.9. The van der Waals surface area contributed by atoms with Gasteiger partial charge < -0.3 is 14.8 Å². The monoisotopic (exact) mass is 821 g/mol. The van der Waals surface area contributed by atoms with Crippen LogP contribution in [0.5, 0.6) is 0 Å². The number of aromatic nitrogens is 2. The number of hydrogen-bond acceptors (Lipinski definition) is 6. The number of allylic oxidation sites excluding steroid dienone is 1. The zero-order valence-corrected chi connectivity index (χ0v) is 36.1. The number of hydrogen-bond donors (Lipinski definition) is 1. The van der Waals surface area contributed by atoms with Gasteiger partial charge in [0.15, 0.2) is 0 Å². The molecular formula is C53H55N7O2. The first-order chi connectivity index (χ1) is 30.2. The van der Waals surface area contributed by atoms with Gasteiger partial charge in [0.05, 0.1) is 30.0 Å². The molecule has 1 unspecified atom stereocenters. The molecule has 4 heterocycles. The normalized spacial score (nSPS) is 19.8. The predicted octanol–water partition coefficient (Wildman–Crippen LogP) is 9.93. The number of H-pyrrole nitrogens is 1. The molecule has 2 amide bonds. The van der Waals surface area contributed by atoms with Crippen molar-refractivity contribution in [3.63, 3.8) is 0 Å². The molecule has 5 atom stereocenters. The van der Waals surface area contributed by atoms with Crippen LogP contribution in [0.2, 0.25) is 0 Å². The number of carbonyl (C=O) groups is 2. The lowest BCUT2D eigenvalue weighted by Gasteiger charge is -2.36. The molecule has 0 saturated carbocycles. The second-order valence-corrected chi connectivity index (χ2v) is 17.3. The van der Waals surface area contributed by atoms with Crippen molar-refractivity contribution >= 4 is 23.1 Å². The molecular weight excluding hydrogens is 767 g/mol. The quantitative estimate of drug-likeness (QED) is 0.133. The van der Waals surface area contributed by atoms with Crippen molar-refractivity contribution in [2.75, 3.05) is 34.7 Å². The molecule has 1 aromatic heterocycles. The van der Waals surface area contributed by atoms with Gasteiger partial charge in [-0.1, -0.05) is 140 Å². The minimum Gasteiger partial charge on any atom is -0.340 e. The van der Waals surface area contributed by atoms with E-state index < -0.39 is 6.04 Å². The molecule has 2 fully saturated rings. The van der Waals surface area contributed by atoms with E-state index in [2.05, 4.69) is 82.7 Å². The topological polar surface area (TPSA) is 88.1 Å². The van der Waals surface area contributed by atoms with Crippen LogP contribution in [-0.2, 0) is 9.59 Å². The van der Waals surface area contributed by atoms with Gasteiger partial charge in [-0.15, -0.1) is 0 Å². The molecule has 0 aliphatic carbocycles. The standard InChI is InChI=1S/C53H55N7O2/c1-57(2)49(41-17-10-6-11-18-41)52(61)59-32-14-21-48(59)51-55-35-45(56-51)39-28-26-37(27-29-39)36-22-24-38(25-23-36)43-33-44(54-34-43)47-31-30-46(40-15-8-5-9-16-40)60(47)53(62)50(58(3)4)42-19-12-7-13-20-42/h5-13,15-20,22-29,34-35,46-50H,14,21,30-33H2,1-4H3,(H,55,56)/t46-,47+,48?,49-,50-/m1/s1. The van der Waals surface area contributed by atoms with Gasteiger partial charge in [-0.2, -0.15) is 0 Å². The Kier molecular flexibility index (Phi) is 11.8. The van der Waals surface area contributed by atoms with Crippen LogP contribution in [0, 0.1) is 0 Å². The summed E-state index contributed by atoms with van der Waals surface area (Å²) < 4.78 is 0. The largest absolute Gasteiger partial charge is 0.340 e. The van der Waals surface area contributed by atoms with Gasteiger partial charge in [-0.25, -0.2) is 4.98 Å². The highest BCUT2D eigenvalue weighted by atomic mass is 16.2. The number of benzene rings is 5. The molecule has 3 aliphatic heterocycles. The molecule has 5 aromatic carbocycles. The smallest absolute Gasteiger partial charge is 0.245 e. The summed E-state index contributed by atoms with van der Waals surface area (Å²) in [4.78, 5) is 50.2. The van der Waals surface area contributed by atoms with E-state index in [9.17, 15) is 9.59 Å². The molecule has 314 valence electrons. The van der Waals surface area contributed by atoms with Crippen molar-refractivity contribution in [2.24, 2.45) is 4.99 Å². The second-order valence-electron chi connectivity index (χ2n) is 17.3. The maximum Gasteiger partial charge on any atom is 0.245 e. The third-order valence-electron chi connectivity index (χ3n) is 12.9. The Morgan fingerprint density at radius 3 is 1.74 bits per heavy atom. The molecule has 0 bridgehead atoms. The average molecular weight is 822 g/mol. The zero-order valence-electron chi connectivity index (χ0n) is 36.1. The highest BCUT2D eigenvalue weighted by Gasteiger charge is 2.44. The molecule has 9 nitrogen and oxygen atoms in total. The fraction of sp³-hybridized carbons (Fsp3) is 0.283. The Bertz CT molecular complexity index is 2550. The second kappa shape index (κ2) is 17.9. The van der Waals surface area contributed by atoms with E-state index in [0.29, 0.717) is 6.42 Å². The van der Waals surface area contributed by atoms with E-state index in [0.717, 1.165) is 82.8 Å². The van der Waals surface area contributed by atoms with Crippen LogP contribution < -0.4 is 0 Å². The number of likely N-dealkylation sites (tertiary alicyclic amines) is 2. The number of rotatable bonds is 12. The molecule has 0 spiro atoms.